The van der Waals surface area contributed by atoms with Crippen LogP contribution in [0, 0.1) is 13.8 Å². The van der Waals surface area contributed by atoms with Crippen LogP contribution >= 0.6 is 22.7 Å². The number of rotatable bonds is 6. The number of carbonyl (C=O) groups is 2. The highest BCUT2D eigenvalue weighted by Gasteiger charge is 2.19. The van der Waals surface area contributed by atoms with E-state index in [1.807, 2.05) is 49.6 Å². The number of benzene rings is 1. The van der Waals surface area contributed by atoms with Crippen molar-refractivity contribution in [3.63, 3.8) is 0 Å². The average Bonchev–Trinajstić information content (AvgIpc) is 3.31. The third kappa shape index (κ3) is 4.43. The minimum Gasteiger partial charge on any atom is -0.451 e. The number of aryl methyl sites for hydroxylation is 3. The molecule has 0 atom stereocenters. The lowest BCUT2D eigenvalue weighted by Crippen LogP contribution is -2.22. The van der Waals surface area contributed by atoms with Crippen molar-refractivity contribution >= 4 is 40.2 Å². The predicted octanol–water partition coefficient (Wildman–Crippen LogP) is 4.85. The van der Waals surface area contributed by atoms with Crippen molar-refractivity contribution in [3.8, 4) is 9.88 Å². The number of nitrogens with one attached hydrogen (secondary N) is 1. The number of hydrogen-bond donors (Lipinski definition) is 1. The molecule has 0 aliphatic heterocycles. The average molecular weight is 401 g/mol. The number of anilines is 1. The lowest BCUT2D eigenvalue weighted by molar-refractivity contribution is -0.119. The molecule has 2 heterocycles. The fraction of sp³-hybridized carbons (Fsp3) is 0.250. The van der Waals surface area contributed by atoms with Crippen LogP contribution in [0.1, 0.15) is 33.4 Å². The van der Waals surface area contributed by atoms with E-state index in [0.717, 1.165) is 33.1 Å². The molecule has 0 unspecified atom stereocenters. The number of thiophene rings is 1. The normalized spacial score (nSPS) is 10.6. The van der Waals surface area contributed by atoms with Gasteiger partial charge in [-0.25, -0.2) is 9.78 Å². The summed E-state index contributed by atoms with van der Waals surface area (Å²) in [6.07, 6.45) is 0.808. The van der Waals surface area contributed by atoms with Gasteiger partial charge in [-0.05, 0) is 42.8 Å². The number of esters is 1. The van der Waals surface area contributed by atoms with E-state index in [9.17, 15) is 9.59 Å². The van der Waals surface area contributed by atoms with Crippen LogP contribution in [-0.4, -0.2) is 23.5 Å². The molecule has 0 saturated heterocycles. The molecule has 2 aromatic heterocycles. The Labute approximate surface area is 166 Å². The summed E-state index contributed by atoms with van der Waals surface area (Å²) in [5, 5.41) is 5.60. The molecule has 0 saturated carbocycles. The molecule has 0 radical (unpaired) electrons. The molecule has 140 valence electrons. The van der Waals surface area contributed by atoms with Gasteiger partial charge in [0.1, 0.15) is 9.88 Å². The van der Waals surface area contributed by atoms with Gasteiger partial charge in [-0.2, -0.15) is 0 Å². The predicted molar refractivity (Wildman–Crippen MR) is 110 cm³/mol. The zero-order valence-electron chi connectivity index (χ0n) is 15.4. The van der Waals surface area contributed by atoms with Crippen LogP contribution in [0.25, 0.3) is 9.88 Å². The largest absolute Gasteiger partial charge is 0.451 e. The van der Waals surface area contributed by atoms with Gasteiger partial charge in [-0.3, -0.25) is 4.79 Å². The number of para-hydroxylation sites is 1. The molecule has 0 aliphatic rings. The Hall–Kier alpha value is -2.51. The van der Waals surface area contributed by atoms with Crippen molar-refractivity contribution in [2.24, 2.45) is 0 Å². The summed E-state index contributed by atoms with van der Waals surface area (Å²) >= 11 is 2.85. The van der Waals surface area contributed by atoms with Crippen LogP contribution in [-0.2, 0) is 16.0 Å². The lowest BCUT2D eigenvalue weighted by atomic mass is 10.1. The second-order valence-corrected chi connectivity index (χ2v) is 7.94. The van der Waals surface area contributed by atoms with Gasteiger partial charge < -0.3 is 10.1 Å². The van der Waals surface area contributed by atoms with E-state index < -0.39 is 5.97 Å². The number of aromatic nitrogens is 1. The Kier molecular flexibility index (Phi) is 6.03. The van der Waals surface area contributed by atoms with E-state index >= 15 is 0 Å². The zero-order chi connectivity index (χ0) is 19.4. The summed E-state index contributed by atoms with van der Waals surface area (Å²) in [5.41, 5.74) is 3.43. The van der Waals surface area contributed by atoms with Crippen LogP contribution < -0.4 is 5.32 Å². The number of thiazole rings is 1. The first-order chi connectivity index (χ1) is 13.0. The van der Waals surface area contributed by atoms with E-state index in [-0.39, 0.29) is 12.5 Å². The maximum Gasteiger partial charge on any atom is 0.350 e. The summed E-state index contributed by atoms with van der Waals surface area (Å²) in [7, 11) is 0. The number of ether oxygens (including phenoxy) is 1. The fourth-order valence-electron chi connectivity index (χ4n) is 2.67. The second-order valence-electron chi connectivity index (χ2n) is 6.00. The highest BCUT2D eigenvalue weighted by molar-refractivity contribution is 7.22. The minimum absolute atomic E-state index is 0.331. The van der Waals surface area contributed by atoms with E-state index in [2.05, 4.69) is 10.3 Å². The third-order valence-electron chi connectivity index (χ3n) is 4.05. The molecule has 0 bridgehead atoms. The molecule has 0 fully saturated rings. The van der Waals surface area contributed by atoms with Gasteiger partial charge in [-0.15, -0.1) is 22.7 Å². The van der Waals surface area contributed by atoms with Crippen molar-refractivity contribution in [3.05, 3.63) is 57.4 Å². The standard InChI is InChI=1S/C20H20N2O3S2/c1-4-14-8-5-7-12(2)17(14)22-16(23)11-25-20(24)18-13(3)21-19(27-18)15-9-6-10-26-15/h5-10H,4,11H2,1-3H3,(H,22,23). The van der Waals surface area contributed by atoms with Crippen LogP contribution in [0.2, 0.25) is 0 Å². The molecule has 7 heteroatoms. The number of hydrogen-bond acceptors (Lipinski definition) is 6. The summed E-state index contributed by atoms with van der Waals surface area (Å²) in [6, 6.07) is 9.77. The van der Waals surface area contributed by atoms with Crippen LogP contribution in [0.5, 0.6) is 0 Å². The maximum atomic E-state index is 12.4. The van der Waals surface area contributed by atoms with Gasteiger partial charge in [0.15, 0.2) is 6.61 Å². The first-order valence-electron chi connectivity index (χ1n) is 8.56. The van der Waals surface area contributed by atoms with Gasteiger partial charge in [0.05, 0.1) is 10.6 Å². The SMILES string of the molecule is CCc1cccc(C)c1NC(=O)COC(=O)c1sc(-c2cccs2)nc1C. The first-order valence-corrected chi connectivity index (χ1v) is 10.3. The topological polar surface area (TPSA) is 68.3 Å². The Bertz CT molecular complexity index is 962. The van der Waals surface area contributed by atoms with Crippen molar-refractivity contribution in [1.29, 1.82) is 0 Å². The Morgan fingerprint density at radius 1 is 1.19 bits per heavy atom. The van der Waals surface area contributed by atoms with Crippen molar-refractivity contribution in [2.75, 3.05) is 11.9 Å². The highest BCUT2D eigenvalue weighted by atomic mass is 32.1. The zero-order valence-corrected chi connectivity index (χ0v) is 17.0. The Balaban J connectivity index is 1.64. The van der Waals surface area contributed by atoms with Crippen molar-refractivity contribution < 1.29 is 14.3 Å². The molecule has 5 nitrogen and oxygen atoms in total. The van der Waals surface area contributed by atoms with E-state index in [1.54, 1.807) is 18.3 Å². The van der Waals surface area contributed by atoms with Gasteiger partial charge in [0, 0.05) is 5.69 Å². The minimum atomic E-state index is -0.525. The maximum absolute atomic E-state index is 12.4. The van der Waals surface area contributed by atoms with Crippen molar-refractivity contribution in [2.45, 2.75) is 27.2 Å². The van der Waals surface area contributed by atoms with E-state index in [0.29, 0.717) is 10.6 Å². The quantitative estimate of drug-likeness (QED) is 0.601. The molecule has 1 aromatic carbocycles. The highest BCUT2D eigenvalue weighted by Crippen LogP contribution is 2.31. The molecular weight excluding hydrogens is 380 g/mol. The number of carbonyl (C=O) groups excluding carboxylic acids is 2. The molecule has 1 N–H and O–H groups in total. The summed E-state index contributed by atoms with van der Waals surface area (Å²) in [6.45, 7) is 5.41. The van der Waals surface area contributed by atoms with Gasteiger partial charge in [0.2, 0.25) is 0 Å². The van der Waals surface area contributed by atoms with Crippen LogP contribution in [0.3, 0.4) is 0 Å². The summed E-state index contributed by atoms with van der Waals surface area (Å²) < 4.78 is 5.21. The van der Waals surface area contributed by atoms with Gasteiger partial charge in [0.25, 0.3) is 5.91 Å². The Morgan fingerprint density at radius 3 is 2.70 bits per heavy atom. The Morgan fingerprint density at radius 2 is 2.00 bits per heavy atom. The number of nitrogens with zero attached hydrogens (tertiary/aromatic N) is 1. The monoisotopic (exact) mass is 400 g/mol. The first kappa shape index (κ1) is 19.3. The summed E-state index contributed by atoms with van der Waals surface area (Å²) in [5.74, 6) is -0.878. The smallest absolute Gasteiger partial charge is 0.350 e. The summed E-state index contributed by atoms with van der Waals surface area (Å²) in [4.78, 5) is 30.5. The molecule has 0 aliphatic carbocycles. The third-order valence-corrected chi connectivity index (χ3v) is 6.23. The molecule has 1 amide bonds. The molecule has 27 heavy (non-hydrogen) atoms. The fourth-order valence-corrected chi connectivity index (χ4v) is 4.42. The molecule has 0 spiro atoms. The van der Waals surface area contributed by atoms with Crippen LogP contribution in [0.15, 0.2) is 35.7 Å². The second kappa shape index (κ2) is 8.45. The van der Waals surface area contributed by atoms with E-state index in [1.165, 1.54) is 11.3 Å². The molecule has 3 rings (SSSR count). The molecular formula is C20H20N2O3S2. The van der Waals surface area contributed by atoms with Gasteiger partial charge in [-0.1, -0.05) is 31.2 Å². The lowest BCUT2D eigenvalue weighted by Gasteiger charge is -2.13. The van der Waals surface area contributed by atoms with Crippen molar-refractivity contribution in [1.82, 2.24) is 4.98 Å². The number of amides is 1. The molecule has 3 aromatic rings. The van der Waals surface area contributed by atoms with Crippen LogP contribution in [0.4, 0.5) is 5.69 Å². The van der Waals surface area contributed by atoms with E-state index in [4.69, 9.17) is 4.74 Å². The van der Waals surface area contributed by atoms with Gasteiger partial charge >= 0.3 is 5.97 Å².